The zero-order valence-corrected chi connectivity index (χ0v) is 29.3. The van der Waals surface area contributed by atoms with E-state index in [0.717, 1.165) is 75.5 Å². The Kier molecular flexibility index (Phi) is 19.0. The van der Waals surface area contributed by atoms with Crippen LogP contribution in [-0.2, 0) is 36.7 Å². The first-order chi connectivity index (χ1) is 22.5. The normalized spacial score (nSPS) is 14.6. The maximum atomic E-state index is 9.86. The number of hydrogen-bond acceptors (Lipinski definition) is 6. The van der Waals surface area contributed by atoms with E-state index < -0.39 is 14.2 Å². The fourth-order valence-corrected chi connectivity index (χ4v) is 7.10. The maximum Gasteiger partial charge on any atom is 0.488 e. The van der Waals surface area contributed by atoms with Crippen molar-refractivity contribution in [3.8, 4) is 0 Å². The van der Waals surface area contributed by atoms with Gasteiger partial charge in [-0.05, 0) is 72.3 Å². The Bertz CT molecular complexity index is 1240. The average Bonchev–Trinajstić information content (AvgIpc) is 3.81. The van der Waals surface area contributed by atoms with Crippen molar-refractivity contribution in [1.82, 2.24) is 9.80 Å². The minimum Gasteiger partial charge on any atom is -0.423 e. The minimum atomic E-state index is -1.47. The summed E-state index contributed by atoms with van der Waals surface area (Å²) in [5.74, 6) is 0.744. The topological polar surface area (TPSA) is 87.4 Å². The molecule has 2 saturated carbocycles. The fraction of sp³-hybridized carbons (Fsp3) is 0.526. The van der Waals surface area contributed by atoms with Crippen LogP contribution < -0.4 is 10.9 Å². The molecule has 3 aromatic rings. The molecule has 9 heteroatoms. The van der Waals surface area contributed by atoms with E-state index in [1.165, 1.54) is 63.4 Å². The van der Waals surface area contributed by atoms with Crippen LogP contribution in [0.2, 0.25) is 0 Å². The number of nitrogens with zero attached hydrogens (tertiary/aromatic N) is 2. The Morgan fingerprint density at radius 3 is 1.47 bits per heavy atom. The Labute approximate surface area is 295 Å². The summed E-state index contributed by atoms with van der Waals surface area (Å²) in [6, 6.07) is 25.7. The largest absolute Gasteiger partial charge is 0.488 e. The second kappa shape index (κ2) is 22.7. The molecule has 0 radical (unpaired) electrons. The molecule has 6 nitrogen and oxygen atoms in total. The van der Waals surface area contributed by atoms with Gasteiger partial charge in [0.15, 0.2) is 0 Å². The van der Waals surface area contributed by atoms with E-state index in [2.05, 4.69) is 34.1 Å². The fourth-order valence-electron chi connectivity index (χ4n) is 7.10. The molecule has 0 atom stereocenters. The molecular weight excluding hydrogens is 626 g/mol. The van der Waals surface area contributed by atoms with Crippen LogP contribution >= 0.6 is 0 Å². The van der Waals surface area contributed by atoms with Gasteiger partial charge in [-0.25, -0.2) is 0 Å². The van der Waals surface area contributed by atoms with E-state index in [1.54, 1.807) is 6.07 Å². The molecule has 256 valence electrons. The van der Waals surface area contributed by atoms with Crippen molar-refractivity contribution in [1.29, 1.82) is 0 Å². The zero-order chi connectivity index (χ0) is 32.4. The molecule has 2 aliphatic carbocycles. The van der Waals surface area contributed by atoms with Crippen molar-refractivity contribution >= 4 is 25.2 Å². The van der Waals surface area contributed by atoms with Crippen LogP contribution in [0, 0.1) is 5.92 Å². The second-order valence-electron chi connectivity index (χ2n) is 13.4. The standard InChI is InChI=1S/C33H46B2N2O4.C5H10.Fe/c38-34(39)32-20-10-8-18-30(32)26-36(24-28-14-4-3-5-15-28)22-12-1-2-13-23-37(25-29-16-6-7-17-29)27-31-19-9-11-21-33(31)35(40)41;1-2-4-5-3-1;/h3-5,8-11,14-15,18-21,29,38-41H,1-2,6-7,12-13,16-17,22-27H2;1-5H2;. The first-order valence-corrected chi connectivity index (χ1v) is 17.9. The van der Waals surface area contributed by atoms with E-state index >= 15 is 0 Å². The van der Waals surface area contributed by atoms with Crippen LogP contribution in [0.15, 0.2) is 78.9 Å². The number of unbranched alkanes of at least 4 members (excludes halogenated alkanes) is 3. The van der Waals surface area contributed by atoms with Crippen LogP contribution in [0.4, 0.5) is 0 Å². The summed E-state index contributed by atoms with van der Waals surface area (Å²) < 4.78 is 0. The Morgan fingerprint density at radius 1 is 0.511 bits per heavy atom. The van der Waals surface area contributed by atoms with Crippen LogP contribution in [0.25, 0.3) is 0 Å². The van der Waals surface area contributed by atoms with Gasteiger partial charge in [0, 0.05) is 43.2 Å². The summed E-state index contributed by atoms with van der Waals surface area (Å²) in [7, 11) is -2.91. The summed E-state index contributed by atoms with van der Waals surface area (Å²) in [5, 5.41) is 39.4. The van der Waals surface area contributed by atoms with Gasteiger partial charge >= 0.3 is 14.2 Å². The third-order valence-corrected chi connectivity index (χ3v) is 9.64. The van der Waals surface area contributed by atoms with E-state index in [9.17, 15) is 20.1 Å². The second-order valence-corrected chi connectivity index (χ2v) is 13.4. The molecule has 2 aliphatic rings. The van der Waals surface area contributed by atoms with E-state index in [0.29, 0.717) is 17.5 Å². The van der Waals surface area contributed by atoms with Gasteiger partial charge in [0.1, 0.15) is 0 Å². The van der Waals surface area contributed by atoms with Crippen molar-refractivity contribution in [3.63, 3.8) is 0 Å². The Hall–Kier alpha value is -1.93. The third kappa shape index (κ3) is 14.6. The Balaban J connectivity index is 0.000000913. The molecule has 0 saturated heterocycles. The number of rotatable bonds is 17. The van der Waals surface area contributed by atoms with Gasteiger partial charge in [-0.3, -0.25) is 9.80 Å². The first kappa shape index (κ1) is 39.5. The molecule has 0 heterocycles. The number of benzene rings is 3. The summed E-state index contributed by atoms with van der Waals surface area (Å²) in [5.41, 5.74) is 4.39. The quantitative estimate of drug-likeness (QED) is 0.115. The Morgan fingerprint density at radius 2 is 0.957 bits per heavy atom. The molecule has 0 aromatic heterocycles. The SMILES string of the molecule is C1CCCC1.OB(O)c1ccccc1CN(CCCCCCN(Cc1ccccc1B(O)O)CC1CCCC1)Cc1ccccc1.[Fe]. The third-order valence-electron chi connectivity index (χ3n) is 9.64. The first-order valence-electron chi connectivity index (χ1n) is 17.9. The maximum absolute atomic E-state index is 9.86. The van der Waals surface area contributed by atoms with Crippen molar-refractivity contribution < 1.29 is 37.2 Å². The van der Waals surface area contributed by atoms with Gasteiger partial charge in [-0.15, -0.1) is 0 Å². The van der Waals surface area contributed by atoms with E-state index in [1.807, 2.05) is 48.5 Å². The molecular formula is C38H56B2FeN2O4. The predicted molar refractivity (Wildman–Crippen MR) is 192 cm³/mol. The van der Waals surface area contributed by atoms with Gasteiger partial charge in [0.2, 0.25) is 0 Å². The number of hydrogen-bond donors (Lipinski definition) is 4. The van der Waals surface area contributed by atoms with Gasteiger partial charge < -0.3 is 20.1 Å². The van der Waals surface area contributed by atoms with Crippen molar-refractivity contribution in [2.45, 2.75) is 103 Å². The zero-order valence-electron chi connectivity index (χ0n) is 28.2. The van der Waals surface area contributed by atoms with Gasteiger partial charge in [0.25, 0.3) is 0 Å². The summed E-state index contributed by atoms with van der Waals surface area (Å²) in [6.45, 7) is 5.29. The van der Waals surface area contributed by atoms with Crippen molar-refractivity contribution in [2.75, 3.05) is 19.6 Å². The summed E-state index contributed by atoms with van der Waals surface area (Å²) in [6.07, 6.45) is 17.2. The van der Waals surface area contributed by atoms with Crippen molar-refractivity contribution in [3.05, 3.63) is 95.6 Å². The van der Waals surface area contributed by atoms with Gasteiger partial charge in [0.05, 0.1) is 0 Å². The van der Waals surface area contributed by atoms with E-state index in [4.69, 9.17) is 0 Å². The van der Waals surface area contributed by atoms with Crippen LogP contribution in [0.5, 0.6) is 0 Å². The molecule has 0 aliphatic heterocycles. The van der Waals surface area contributed by atoms with Gasteiger partial charge in [-0.2, -0.15) is 0 Å². The predicted octanol–water partition coefficient (Wildman–Crippen LogP) is 5.25. The average molecular weight is 682 g/mol. The summed E-state index contributed by atoms with van der Waals surface area (Å²) >= 11 is 0. The molecule has 3 aromatic carbocycles. The van der Waals surface area contributed by atoms with E-state index in [-0.39, 0.29) is 17.1 Å². The molecule has 0 unspecified atom stereocenters. The summed E-state index contributed by atoms with van der Waals surface area (Å²) in [4.78, 5) is 4.93. The molecule has 2 fully saturated rings. The molecule has 4 N–H and O–H groups in total. The molecule has 0 bridgehead atoms. The van der Waals surface area contributed by atoms with Crippen LogP contribution in [-0.4, -0.2) is 63.8 Å². The van der Waals surface area contributed by atoms with Crippen LogP contribution in [0.1, 0.15) is 100 Å². The van der Waals surface area contributed by atoms with Crippen LogP contribution in [0.3, 0.4) is 0 Å². The minimum absolute atomic E-state index is 0. The molecule has 5 rings (SSSR count). The van der Waals surface area contributed by atoms with Gasteiger partial charge in [-0.1, -0.05) is 137 Å². The molecule has 47 heavy (non-hydrogen) atoms. The van der Waals surface area contributed by atoms with Crippen molar-refractivity contribution in [2.24, 2.45) is 5.92 Å². The monoisotopic (exact) mass is 682 g/mol. The smallest absolute Gasteiger partial charge is 0.423 e. The molecule has 0 spiro atoms. The molecule has 0 amide bonds.